The molecule has 1 aromatic carbocycles. The number of allylic oxidation sites excluding steroid dienone is 1. The first-order valence-electron chi connectivity index (χ1n) is 16.9. The number of rotatable bonds is 8. The SMILES string of the molecule is COc1cnc(O[C@@H]2C[C@H]3C(=O)N[C@]4(C(=O)NS(=O)(=O)C5(CF)CC5)C[C@H]4C=CCC[C@@H](C)O[C@@H](C)[C@H](NC(=O)O)C(=O)N3C2)c2ccccc12. The van der Waals surface area contributed by atoms with Crippen molar-refractivity contribution in [1.29, 1.82) is 0 Å². The van der Waals surface area contributed by atoms with E-state index in [9.17, 15) is 37.1 Å². The number of carbonyl (C=O) groups excluding carboxylic acids is 3. The van der Waals surface area contributed by atoms with Gasteiger partial charge in [-0.05, 0) is 52.0 Å². The highest BCUT2D eigenvalue weighted by atomic mass is 32.2. The lowest BCUT2D eigenvalue weighted by atomic mass is 10.1. The summed E-state index contributed by atoms with van der Waals surface area (Å²) in [6.07, 6.45) is 2.46. The van der Waals surface area contributed by atoms with Gasteiger partial charge in [0.25, 0.3) is 5.91 Å². The van der Waals surface area contributed by atoms with Crippen LogP contribution in [0.25, 0.3) is 10.8 Å². The second kappa shape index (κ2) is 13.9. The fraction of sp³-hybridized carbons (Fsp3) is 0.559. The van der Waals surface area contributed by atoms with Crippen LogP contribution in [-0.2, 0) is 29.1 Å². The minimum Gasteiger partial charge on any atom is -0.494 e. The Balaban J connectivity index is 1.34. The standard InChI is InChI=1S/C34H42FN5O10S/c1-19-8-4-5-9-21-15-34(21,31(43)39-51(46,47)33(18-35)12-13-33)38-28(41)25-14-22(17-40(25)30(42)27(20(2)49-19)37-32(44)45)50-29-24-11-7-6-10-23(24)26(48-3)16-36-29/h5-7,9-11,16,19-22,25,27,37H,4,8,12-15,17-18H2,1-3H3,(H,38,41)(H,39,43)(H,44,45)/t19-,20+,21-,22-,25+,27+,34-/m1/s1. The van der Waals surface area contributed by atoms with E-state index in [1.165, 1.54) is 18.2 Å². The zero-order valence-corrected chi connectivity index (χ0v) is 29.3. The maximum atomic E-state index is 14.2. The first-order valence-corrected chi connectivity index (χ1v) is 18.4. The molecule has 276 valence electrons. The molecule has 0 unspecified atom stereocenters. The molecule has 0 spiro atoms. The van der Waals surface area contributed by atoms with Crippen molar-refractivity contribution in [3.63, 3.8) is 0 Å². The summed E-state index contributed by atoms with van der Waals surface area (Å²) in [5.74, 6) is -2.39. The van der Waals surface area contributed by atoms with Gasteiger partial charge in [0.1, 0.15) is 40.9 Å². The van der Waals surface area contributed by atoms with E-state index in [0.717, 1.165) is 0 Å². The van der Waals surface area contributed by atoms with Crippen molar-refractivity contribution in [3.8, 4) is 11.6 Å². The van der Waals surface area contributed by atoms with Gasteiger partial charge in [-0.3, -0.25) is 19.1 Å². The minimum atomic E-state index is -4.40. The van der Waals surface area contributed by atoms with Crippen molar-refractivity contribution >= 4 is 44.6 Å². The van der Waals surface area contributed by atoms with E-state index in [2.05, 4.69) is 15.6 Å². The highest BCUT2D eigenvalue weighted by molar-refractivity contribution is 7.91. The lowest BCUT2D eigenvalue weighted by Crippen LogP contribution is -2.60. The number of hydrogen-bond acceptors (Lipinski definition) is 10. The van der Waals surface area contributed by atoms with Crippen molar-refractivity contribution in [3.05, 3.63) is 42.6 Å². The van der Waals surface area contributed by atoms with E-state index in [1.54, 1.807) is 38.1 Å². The molecule has 4 N–H and O–H groups in total. The molecule has 1 aromatic heterocycles. The van der Waals surface area contributed by atoms with Crippen LogP contribution in [0.4, 0.5) is 9.18 Å². The van der Waals surface area contributed by atoms with Crippen LogP contribution in [0, 0.1) is 5.92 Å². The Morgan fingerprint density at radius 1 is 1.20 bits per heavy atom. The van der Waals surface area contributed by atoms with Crippen LogP contribution in [0.5, 0.6) is 11.6 Å². The number of methoxy groups -OCH3 is 1. The molecule has 2 aliphatic heterocycles. The number of carboxylic acid groups (broad SMARTS) is 1. The molecular weight excluding hydrogens is 689 g/mol. The molecule has 2 aromatic rings. The van der Waals surface area contributed by atoms with E-state index in [4.69, 9.17) is 14.2 Å². The summed E-state index contributed by atoms with van der Waals surface area (Å²) < 4.78 is 58.0. The predicted molar refractivity (Wildman–Crippen MR) is 180 cm³/mol. The van der Waals surface area contributed by atoms with Crippen molar-refractivity contribution < 1.29 is 51.3 Å². The third-order valence-electron chi connectivity index (χ3n) is 10.3. The summed E-state index contributed by atoms with van der Waals surface area (Å²) in [6.45, 7) is 2.04. The summed E-state index contributed by atoms with van der Waals surface area (Å²) in [4.78, 5) is 59.7. The van der Waals surface area contributed by atoms with Gasteiger partial charge in [-0.2, -0.15) is 0 Å². The van der Waals surface area contributed by atoms with Crippen molar-refractivity contribution in [1.82, 2.24) is 25.2 Å². The summed E-state index contributed by atoms with van der Waals surface area (Å²) in [5, 5.41) is 16.0. The molecule has 15 nitrogen and oxygen atoms in total. The van der Waals surface area contributed by atoms with E-state index < -0.39 is 87.1 Å². The largest absolute Gasteiger partial charge is 0.494 e. The molecule has 51 heavy (non-hydrogen) atoms. The molecular formula is C34H42FN5O10S. The molecule has 7 atom stereocenters. The van der Waals surface area contributed by atoms with Crippen LogP contribution in [0.2, 0.25) is 0 Å². The number of benzene rings is 1. The minimum absolute atomic E-state index is 0.0633. The van der Waals surface area contributed by atoms with Gasteiger partial charge in [0.2, 0.25) is 27.7 Å². The number of halogens is 1. The highest BCUT2D eigenvalue weighted by Gasteiger charge is 2.64. The summed E-state index contributed by atoms with van der Waals surface area (Å²) in [6, 6.07) is 4.54. The zero-order chi connectivity index (χ0) is 36.7. The molecule has 3 fully saturated rings. The summed E-state index contributed by atoms with van der Waals surface area (Å²) >= 11 is 0. The molecule has 17 heteroatoms. The lowest BCUT2D eigenvalue weighted by Gasteiger charge is -2.32. The van der Waals surface area contributed by atoms with Gasteiger partial charge in [-0.25, -0.2) is 22.6 Å². The smallest absolute Gasteiger partial charge is 0.405 e. The van der Waals surface area contributed by atoms with Crippen molar-refractivity contribution in [2.75, 3.05) is 20.3 Å². The maximum Gasteiger partial charge on any atom is 0.405 e. The monoisotopic (exact) mass is 731 g/mol. The Labute approximate surface area is 294 Å². The van der Waals surface area contributed by atoms with Gasteiger partial charge in [-0.1, -0.05) is 30.4 Å². The molecule has 4 aliphatic rings. The number of sulfonamides is 1. The zero-order valence-electron chi connectivity index (χ0n) is 28.5. The molecule has 2 saturated carbocycles. The van der Waals surface area contributed by atoms with Crippen LogP contribution >= 0.6 is 0 Å². The second-order valence-electron chi connectivity index (χ2n) is 13.8. The molecule has 1 saturated heterocycles. The number of aromatic nitrogens is 1. The maximum absolute atomic E-state index is 14.2. The molecule has 0 radical (unpaired) electrons. The normalized spacial score (nSPS) is 30.5. The van der Waals surface area contributed by atoms with Crippen LogP contribution in [0.15, 0.2) is 42.6 Å². The average molecular weight is 732 g/mol. The number of carbonyl (C=O) groups is 4. The van der Waals surface area contributed by atoms with Crippen molar-refractivity contribution in [2.24, 2.45) is 5.92 Å². The van der Waals surface area contributed by atoms with E-state index >= 15 is 0 Å². The first kappa shape index (κ1) is 36.3. The highest BCUT2D eigenvalue weighted by Crippen LogP contribution is 2.48. The van der Waals surface area contributed by atoms with Gasteiger partial charge >= 0.3 is 6.09 Å². The third kappa shape index (κ3) is 7.05. The quantitative estimate of drug-likeness (QED) is 0.290. The third-order valence-corrected chi connectivity index (χ3v) is 12.4. The average Bonchev–Trinajstić information content (AvgIpc) is 4.00. The van der Waals surface area contributed by atoms with E-state index in [-0.39, 0.29) is 38.1 Å². The van der Waals surface area contributed by atoms with Crippen LogP contribution in [-0.4, -0.2) is 108 Å². The fourth-order valence-electron chi connectivity index (χ4n) is 6.95. The van der Waals surface area contributed by atoms with Gasteiger partial charge < -0.3 is 34.9 Å². The number of fused-ring (bicyclic) bond motifs is 3. The number of ether oxygens (including phenoxy) is 3. The van der Waals surface area contributed by atoms with Crippen LogP contribution in [0.1, 0.15) is 52.4 Å². The second-order valence-corrected chi connectivity index (χ2v) is 15.8. The molecule has 4 amide bonds. The van der Waals surface area contributed by atoms with Crippen LogP contribution < -0.4 is 24.8 Å². The Hall–Kier alpha value is -4.51. The predicted octanol–water partition coefficient (Wildman–Crippen LogP) is 2.19. The topological polar surface area (TPSA) is 203 Å². The van der Waals surface area contributed by atoms with E-state index in [1.807, 2.05) is 16.9 Å². The van der Waals surface area contributed by atoms with E-state index in [0.29, 0.717) is 29.4 Å². The number of alkyl halides is 1. The molecule has 0 bridgehead atoms. The number of pyridine rings is 1. The number of nitrogens with zero attached hydrogens (tertiary/aromatic N) is 2. The van der Waals surface area contributed by atoms with Crippen molar-refractivity contribution in [2.45, 2.75) is 93.1 Å². The number of amides is 4. The van der Waals surface area contributed by atoms with Gasteiger partial charge in [-0.15, -0.1) is 0 Å². The summed E-state index contributed by atoms with van der Waals surface area (Å²) in [5.41, 5.74) is -1.69. The van der Waals surface area contributed by atoms with Crippen LogP contribution in [0.3, 0.4) is 0 Å². The Morgan fingerprint density at radius 2 is 1.92 bits per heavy atom. The number of nitrogens with one attached hydrogen (secondary N) is 3. The Bertz CT molecular complexity index is 1860. The van der Waals surface area contributed by atoms with Gasteiger partial charge in [0, 0.05) is 23.1 Å². The summed E-state index contributed by atoms with van der Waals surface area (Å²) in [7, 11) is -2.89. The molecule has 2 aliphatic carbocycles. The fourth-order valence-corrected chi connectivity index (χ4v) is 8.37. The Kier molecular flexibility index (Phi) is 9.89. The first-order chi connectivity index (χ1) is 24.2. The van der Waals surface area contributed by atoms with Gasteiger partial charge in [0.15, 0.2) is 0 Å². The van der Waals surface area contributed by atoms with Gasteiger partial charge in [0.05, 0.1) is 32.1 Å². The lowest BCUT2D eigenvalue weighted by molar-refractivity contribution is -0.144. The molecule has 6 rings (SSSR count). The Morgan fingerprint density at radius 3 is 2.59 bits per heavy atom. The molecule has 3 heterocycles. The number of hydrogen-bond donors (Lipinski definition) is 4.